The first-order valence-corrected chi connectivity index (χ1v) is 8.79. The second-order valence-electron chi connectivity index (χ2n) is 6.73. The Kier molecular flexibility index (Phi) is 5.05. The number of carbonyl (C=O) groups is 1. The summed E-state index contributed by atoms with van der Waals surface area (Å²) in [6, 6.07) is 8.20. The van der Waals surface area contributed by atoms with Crippen LogP contribution < -0.4 is 0 Å². The third-order valence-electron chi connectivity index (χ3n) is 5.07. The minimum Gasteiger partial charge on any atom is -0.478 e. The Morgan fingerprint density at radius 2 is 1.79 bits per heavy atom. The Bertz CT molecular complexity index is 727. The standard InChI is InChI=1S/C20H26N2O2/c1-15-8-4-5-9-17(15)19-16(2)18(20(23)24)14-22(19)13-12-21-10-6-3-7-11-21/h4-5,8-9,14H,3,6-7,10-13H2,1-2H3,(H,23,24). The van der Waals surface area contributed by atoms with Gasteiger partial charge in [-0.25, -0.2) is 4.79 Å². The molecule has 1 aliphatic heterocycles. The van der Waals surface area contributed by atoms with E-state index >= 15 is 0 Å². The molecule has 1 N–H and O–H groups in total. The lowest BCUT2D eigenvalue weighted by Gasteiger charge is -2.27. The van der Waals surface area contributed by atoms with Gasteiger partial charge in [0.1, 0.15) is 0 Å². The van der Waals surface area contributed by atoms with Crippen LogP contribution in [0.4, 0.5) is 0 Å². The van der Waals surface area contributed by atoms with Gasteiger partial charge in [-0.15, -0.1) is 0 Å². The largest absolute Gasteiger partial charge is 0.478 e. The maximum absolute atomic E-state index is 11.6. The maximum Gasteiger partial charge on any atom is 0.337 e. The number of nitrogens with zero attached hydrogens (tertiary/aromatic N) is 2. The van der Waals surface area contributed by atoms with Crippen LogP contribution in [0.15, 0.2) is 30.5 Å². The van der Waals surface area contributed by atoms with Gasteiger partial charge in [0.2, 0.25) is 0 Å². The minimum atomic E-state index is -0.848. The number of benzene rings is 1. The second-order valence-corrected chi connectivity index (χ2v) is 6.73. The second kappa shape index (κ2) is 7.22. The predicted molar refractivity (Wildman–Crippen MR) is 96.6 cm³/mol. The highest BCUT2D eigenvalue weighted by molar-refractivity contribution is 5.92. The molecule has 1 aromatic heterocycles. The number of carboxylic acids is 1. The van der Waals surface area contributed by atoms with Gasteiger partial charge in [0.25, 0.3) is 0 Å². The monoisotopic (exact) mass is 326 g/mol. The summed E-state index contributed by atoms with van der Waals surface area (Å²) in [6.45, 7) is 8.13. The molecule has 0 aliphatic carbocycles. The molecular formula is C20H26N2O2. The van der Waals surface area contributed by atoms with Crippen molar-refractivity contribution in [1.82, 2.24) is 9.47 Å². The first-order chi connectivity index (χ1) is 11.6. The number of rotatable bonds is 5. The summed E-state index contributed by atoms with van der Waals surface area (Å²) < 4.78 is 2.13. The van der Waals surface area contributed by atoms with Gasteiger partial charge < -0.3 is 14.6 Å². The Balaban J connectivity index is 1.93. The molecule has 0 unspecified atom stereocenters. The topological polar surface area (TPSA) is 45.5 Å². The first kappa shape index (κ1) is 16.8. The molecule has 1 aromatic carbocycles. The van der Waals surface area contributed by atoms with Crippen molar-refractivity contribution < 1.29 is 9.90 Å². The van der Waals surface area contributed by atoms with Crippen molar-refractivity contribution in [2.75, 3.05) is 19.6 Å². The number of aromatic nitrogens is 1. The van der Waals surface area contributed by atoms with E-state index in [9.17, 15) is 9.90 Å². The summed E-state index contributed by atoms with van der Waals surface area (Å²) in [5.74, 6) is -0.848. The first-order valence-electron chi connectivity index (χ1n) is 8.79. The average Bonchev–Trinajstić information content (AvgIpc) is 2.91. The van der Waals surface area contributed by atoms with Gasteiger partial charge in [-0.05, 0) is 50.9 Å². The molecule has 2 heterocycles. The number of carboxylic acid groups (broad SMARTS) is 1. The van der Waals surface area contributed by atoms with Crippen molar-refractivity contribution in [3.05, 3.63) is 47.2 Å². The molecule has 4 heteroatoms. The number of aromatic carboxylic acids is 1. The molecule has 2 aromatic rings. The fraction of sp³-hybridized carbons (Fsp3) is 0.450. The Morgan fingerprint density at radius 1 is 1.08 bits per heavy atom. The van der Waals surface area contributed by atoms with E-state index in [4.69, 9.17) is 0 Å². The van der Waals surface area contributed by atoms with Crippen molar-refractivity contribution in [3.63, 3.8) is 0 Å². The van der Waals surface area contributed by atoms with E-state index in [-0.39, 0.29) is 0 Å². The number of hydrogen-bond donors (Lipinski definition) is 1. The zero-order chi connectivity index (χ0) is 17.1. The van der Waals surface area contributed by atoms with Crippen molar-refractivity contribution in [1.29, 1.82) is 0 Å². The zero-order valence-corrected chi connectivity index (χ0v) is 14.6. The van der Waals surface area contributed by atoms with Crippen LogP contribution in [0, 0.1) is 13.8 Å². The van der Waals surface area contributed by atoms with E-state index < -0.39 is 5.97 Å². The van der Waals surface area contributed by atoms with Crippen molar-refractivity contribution in [2.24, 2.45) is 0 Å². The maximum atomic E-state index is 11.6. The van der Waals surface area contributed by atoms with Gasteiger partial charge >= 0.3 is 5.97 Å². The van der Waals surface area contributed by atoms with E-state index in [0.29, 0.717) is 5.56 Å². The van der Waals surface area contributed by atoms with Crippen LogP contribution in [0.3, 0.4) is 0 Å². The van der Waals surface area contributed by atoms with Gasteiger partial charge in [-0.1, -0.05) is 30.7 Å². The summed E-state index contributed by atoms with van der Waals surface area (Å²) in [5.41, 5.74) is 4.61. The summed E-state index contributed by atoms with van der Waals surface area (Å²) in [5, 5.41) is 9.51. The third kappa shape index (κ3) is 3.39. The number of aryl methyl sites for hydroxylation is 1. The van der Waals surface area contributed by atoms with Crippen molar-refractivity contribution in [2.45, 2.75) is 39.7 Å². The Labute approximate surface area is 143 Å². The number of hydrogen-bond acceptors (Lipinski definition) is 2. The van der Waals surface area contributed by atoms with Gasteiger partial charge in [-0.2, -0.15) is 0 Å². The summed E-state index contributed by atoms with van der Waals surface area (Å²) >= 11 is 0. The molecule has 0 spiro atoms. The molecule has 0 radical (unpaired) electrons. The highest BCUT2D eigenvalue weighted by Crippen LogP contribution is 2.30. The average molecular weight is 326 g/mol. The normalized spacial score (nSPS) is 15.6. The van der Waals surface area contributed by atoms with Gasteiger partial charge in [0.05, 0.1) is 11.3 Å². The van der Waals surface area contributed by atoms with Crippen LogP contribution in [0.25, 0.3) is 11.3 Å². The van der Waals surface area contributed by atoms with Crippen LogP contribution in [-0.2, 0) is 6.54 Å². The molecule has 0 atom stereocenters. The molecule has 1 fully saturated rings. The summed E-state index contributed by atoms with van der Waals surface area (Å²) in [6.07, 6.45) is 5.69. The molecular weight excluding hydrogens is 300 g/mol. The van der Waals surface area contributed by atoms with E-state index in [0.717, 1.165) is 43.0 Å². The molecule has 1 aliphatic rings. The van der Waals surface area contributed by atoms with E-state index in [1.54, 1.807) is 0 Å². The van der Waals surface area contributed by atoms with Crippen molar-refractivity contribution >= 4 is 5.97 Å². The fourth-order valence-electron chi connectivity index (χ4n) is 3.68. The molecule has 0 amide bonds. The van der Waals surface area contributed by atoms with Gasteiger partial charge in [0.15, 0.2) is 0 Å². The van der Waals surface area contributed by atoms with Crippen LogP contribution in [0.5, 0.6) is 0 Å². The Morgan fingerprint density at radius 3 is 2.46 bits per heavy atom. The van der Waals surface area contributed by atoms with Gasteiger partial charge in [-0.3, -0.25) is 0 Å². The highest BCUT2D eigenvalue weighted by Gasteiger charge is 2.20. The van der Waals surface area contributed by atoms with Crippen LogP contribution in [-0.4, -0.2) is 40.2 Å². The smallest absolute Gasteiger partial charge is 0.337 e. The number of likely N-dealkylation sites (tertiary alicyclic amines) is 1. The SMILES string of the molecule is Cc1ccccc1-c1c(C)c(C(=O)O)cn1CCN1CCCCC1. The molecule has 0 bridgehead atoms. The number of piperidine rings is 1. The fourth-order valence-corrected chi connectivity index (χ4v) is 3.68. The van der Waals surface area contributed by atoms with Crippen LogP contribution in [0.2, 0.25) is 0 Å². The Hall–Kier alpha value is -2.07. The summed E-state index contributed by atoms with van der Waals surface area (Å²) in [7, 11) is 0. The lowest BCUT2D eigenvalue weighted by molar-refractivity contribution is 0.0696. The quantitative estimate of drug-likeness (QED) is 0.905. The van der Waals surface area contributed by atoms with E-state index in [1.165, 1.54) is 24.8 Å². The van der Waals surface area contributed by atoms with Gasteiger partial charge in [0, 0.05) is 24.8 Å². The van der Waals surface area contributed by atoms with E-state index in [2.05, 4.69) is 28.5 Å². The van der Waals surface area contributed by atoms with Crippen LogP contribution in [0.1, 0.15) is 40.7 Å². The predicted octanol–water partition coefficient (Wildman–Crippen LogP) is 3.96. The molecule has 1 saturated heterocycles. The molecule has 24 heavy (non-hydrogen) atoms. The zero-order valence-electron chi connectivity index (χ0n) is 14.6. The third-order valence-corrected chi connectivity index (χ3v) is 5.07. The minimum absolute atomic E-state index is 0.409. The molecule has 3 rings (SSSR count). The molecule has 128 valence electrons. The van der Waals surface area contributed by atoms with Crippen molar-refractivity contribution in [3.8, 4) is 11.3 Å². The van der Waals surface area contributed by atoms with Crippen LogP contribution >= 0.6 is 0 Å². The van der Waals surface area contributed by atoms with E-state index in [1.807, 2.05) is 25.3 Å². The molecule has 0 saturated carbocycles. The summed E-state index contributed by atoms with van der Waals surface area (Å²) in [4.78, 5) is 14.1. The molecule has 4 nitrogen and oxygen atoms in total. The highest BCUT2D eigenvalue weighted by atomic mass is 16.4. The lowest BCUT2D eigenvalue weighted by Crippen LogP contribution is -2.32. The lowest BCUT2D eigenvalue weighted by atomic mass is 10.0.